The van der Waals surface area contributed by atoms with Crippen LogP contribution in [0.25, 0.3) is 28.2 Å². The maximum Gasteiger partial charge on any atom is 0.276 e. The predicted molar refractivity (Wildman–Crippen MR) is 128 cm³/mol. The fourth-order valence-electron chi connectivity index (χ4n) is 3.64. The van der Waals surface area contributed by atoms with Crippen LogP contribution >= 0.6 is 0 Å². The number of benzene rings is 3. The second-order valence-corrected chi connectivity index (χ2v) is 7.65. The molecular formula is C27H20N4O2. The fraction of sp³-hybridized carbons (Fsp3) is 0.0370. The van der Waals surface area contributed by atoms with Crippen LogP contribution in [-0.2, 0) is 0 Å². The quantitative estimate of drug-likeness (QED) is 0.371. The van der Waals surface area contributed by atoms with E-state index in [-0.39, 0.29) is 17.4 Å². The van der Waals surface area contributed by atoms with E-state index in [1.165, 1.54) is 6.92 Å². The predicted octanol–water partition coefficient (Wildman–Crippen LogP) is 5.52. The van der Waals surface area contributed by atoms with Gasteiger partial charge in [0.25, 0.3) is 5.91 Å². The number of nitrogens with zero attached hydrogens (tertiary/aromatic N) is 3. The van der Waals surface area contributed by atoms with Crippen LogP contribution in [0, 0.1) is 0 Å². The van der Waals surface area contributed by atoms with Crippen molar-refractivity contribution in [3.63, 3.8) is 0 Å². The van der Waals surface area contributed by atoms with Crippen LogP contribution < -0.4 is 5.32 Å². The van der Waals surface area contributed by atoms with Gasteiger partial charge in [-0.3, -0.25) is 9.59 Å². The van der Waals surface area contributed by atoms with Crippen LogP contribution in [0.3, 0.4) is 0 Å². The van der Waals surface area contributed by atoms with Crippen LogP contribution in [0.2, 0.25) is 0 Å². The molecular weight excluding hydrogens is 412 g/mol. The Balaban J connectivity index is 1.56. The van der Waals surface area contributed by atoms with Crippen molar-refractivity contribution in [2.75, 3.05) is 5.32 Å². The molecule has 0 radical (unpaired) electrons. The monoisotopic (exact) mass is 432 g/mol. The molecule has 5 rings (SSSR count). The van der Waals surface area contributed by atoms with Gasteiger partial charge in [-0.25, -0.2) is 9.50 Å². The standard InChI is InChI=1S/C27H20N4O2/c1-18(32)19-12-14-22(15-13-19)28-27(33)24-17-26-29-23(20-8-4-2-5-9-20)16-25(31(26)30-24)21-10-6-3-7-11-21/h2-17H,1H3,(H,28,33). The highest BCUT2D eigenvalue weighted by atomic mass is 16.2. The number of anilines is 1. The highest BCUT2D eigenvalue weighted by Crippen LogP contribution is 2.26. The van der Waals surface area contributed by atoms with Gasteiger partial charge >= 0.3 is 0 Å². The number of nitrogens with one attached hydrogen (secondary N) is 1. The lowest BCUT2D eigenvalue weighted by atomic mass is 10.1. The number of fused-ring (bicyclic) bond motifs is 1. The van der Waals surface area contributed by atoms with E-state index in [9.17, 15) is 9.59 Å². The molecule has 6 nitrogen and oxygen atoms in total. The second kappa shape index (κ2) is 8.51. The smallest absolute Gasteiger partial charge is 0.276 e. The first-order chi connectivity index (χ1) is 16.1. The second-order valence-electron chi connectivity index (χ2n) is 7.65. The van der Waals surface area contributed by atoms with Gasteiger partial charge in [-0.2, -0.15) is 5.10 Å². The number of aromatic nitrogens is 3. The van der Waals surface area contributed by atoms with Gasteiger partial charge in [0.2, 0.25) is 0 Å². The van der Waals surface area contributed by atoms with Crippen LogP contribution in [0.4, 0.5) is 5.69 Å². The minimum absolute atomic E-state index is 0.0260. The molecule has 0 aliphatic rings. The van der Waals surface area contributed by atoms with Gasteiger partial charge in [-0.1, -0.05) is 60.7 Å². The number of carbonyl (C=O) groups excluding carboxylic acids is 2. The van der Waals surface area contributed by atoms with E-state index < -0.39 is 0 Å². The Morgan fingerprint density at radius 3 is 2.06 bits per heavy atom. The van der Waals surface area contributed by atoms with Crippen molar-refractivity contribution in [3.05, 3.63) is 108 Å². The molecule has 160 valence electrons. The summed E-state index contributed by atoms with van der Waals surface area (Å²) in [6.07, 6.45) is 0. The van der Waals surface area contributed by atoms with Gasteiger partial charge in [0, 0.05) is 28.4 Å². The highest BCUT2D eigenvalue weighted by Gasteiger charge is 2.16. The molecule has 0 saturated carbocycles. The van der Waals surface area contributed by atoms with Gasteiger partial charge in [-0.05, 0) is 37.3 Å². The molecule has 3 aromatic carbocycles. The van der Waals surface area contributed by atoms with E-state index in [2.05, 4.69) is 10.4 Å². The maximum absolute atomic E-state index is 12.9. The largest absolute Gasteiger partial charge is 0.321 e. The fourth-order valence-corrected chi connectivity index (χ4v) is 3.64. The SMILES string of the molecule is CC(=O)c1ccc(NC(=O)c2cc3nc(-c4ccccc4)cc(-c4ccccc4)n3n2)cc1. The number of hydrogen-bond donors (Lipinski definition) is 1. The van der Waals surface area contributed by atoms with Crippen LogP contribution in [0.1, 0.15) is 27.8 Å². The van der Waals surface area contributed by atoms with Crippen molar-refractivity contribution in [1.29, 1.82) is 0 Å². The summed E-state index contributed by atoms with van der Waals surface area (Å²) < 4.78 is 1.69. The molecule has 2 aromatic heterocycles. The average molecular weight is 432 g/mol. The van der Waals surface area contributed by atoms with E-state index in [1.54, 1.807) is 34.8 Å². The molecule has 0 saturated heterocycles. The summed E-state index contributed by atoms with van der Waals surface area (Å²) in [6.45, 7) is 1.51. The number of hydrogen-bond acceptors (Lipinski definition) is 4. The lowest BCUT2D eigenvalue weighted by Gasteiger charge is -2.08. The topological polar surface area (TPSA) is 76.4 Å². The number of Topliss-reactive ketones (excluding diaryl/α,β-unsaturated/α-hetero) is 1. The Bertz CT molecular complexity index is 1460. The zero-order chi connectivity index (χ0) is 22.8. The van der Waals surface area contributed by atoms with Gasteiger partial charge in [-0.15, -0.1) is 0 Å². The third-order valence-electron chi connectivity index (χ3n) is 5.35. The molecule has 33 heavy (non-hydrogen) atoms. The molecule has 1 amide bonds. The van der Waals surface area contributed by atoms with Crippen LogP contribution in [-0.4, -0.2) is 26.3 Å². The molecule has 0 bridgehead atoms. The Morgan fingerprint density at radius 2 is 1.42 bits per heavy atom. The van der Waals surface area contributed by atoms with Crippen molar-refractivity contribution in [2.24, 2.45) is 0 Å². The normalized spacial score (nSPS) is 10.8. The molecule has 0 fully saturated rings. The number of ketones is 1. The van der Waals surface area contributed by atoms with E-state index in [1.807, 2.05) is 66.7 Å². The van der Waals surface area contributed by atoms with Gasteiger partial charge in [0.1, 0.15) is 0 Å². The van der Waals surface area contributed by atoms with Crippen molar-refractivity contribution >= 4 is 23.0 Å². The van der Waals surface area contributed by atoms with Crippen molar-refractivity contribution in [2.45, 2.75) is 6.92 Å². The first-order valence-corrected chi connectivity index (χ1v) is 10.5. The lowest BCUT2D eigenvalue weighted by molar-refractivity contribution is 0.101. The van der Waals surface area contributed by atoms with Crippen molar-refractivity contribution < 1.29 is 9.59 Å². The lowest BCUT2D eigenvalue weighted by Crippen LogP contribution is -2.13. The summed E-state index contributed by atoms with van der Waals surface area (Å²) >= 11 is 0. The molecule has 6 heteroatoms. The summed E-state index contributed by atoms with van der Waals surface area (Å²) in [6, 6.07) is 30.2. The van der Waals surface area contributed by atoms with Crippen LogP contribution in [0.5, 0.6) is 0 Å². The molecule has 0 spiro atoms. The average Bonchev–Trinajstić information content (AvgIpc) is 3.29. The Kier molecular flexibility index (Phi) is 5.24. The van der Waals surface area contributed by atoms with E-state index in [0.29, 0.717) is 16.9 Å². The summed E-state index contributed by atoms with van der Waals surface area (Å²) in [5.41, 5.74) is 5.59. The van der Waals surface area contributed by atoms with E-state index in [0.717, 1.165) is 22.5 Å². The number of amides is 1. The molecule has 0 unspecified atom stereocenters. The third-order valence-corrected chi connectivity index (χ3v) is 5.35. The van der Waals surface area contributed by atoms with E-state index >= 15 is 0 Å². The Hall–Kier alpha value is -4.58. The number of rotatable bonds is 5. The Labute approximate surface area is 190 Å². The molecule has 1 N–H and O–H groups in total. The maximum atomic E-state index is 12.9. The minimum atomic E-state index is -0.351. The van der Waals surface area contributed by atoms with Crippen LogP contribution in [0.15, 0.2) is 97.1 Å². The van der Waals surface area contributed by atoms with Gasteiger partial charge < -0.3 is 5.32 Å². The molecule has 2 heterocycles. The highest BCUT2D eigenvalue weighted by molar-refractivity contribution is 6.04. The zero-order valence-corrected chi connectivity index (χ0v) is 17.9. The molecule has 0 aliphatic heterocycles. The third kappa shape index (κ3) is 4.14. The van der Waals surface area contributed by atoms with Gasteiger partial charge in [0.15, 0.2) is 17.1 Å². The summed E-state index contributed by atoms with van der Waals surface area (Å²) in [5, 5.41) is 7.39. The first kappa shape index (κ1) is 20.3. The van der Waals surface area contributed by atoms with Crippen molar-refractivity contribution in [1.82, 2.24) is 14.6 Å². The summed E-state index contributed by atoms with van der Waals surface area (Å²) in [5.74, 6) is -0.377. The van der Waals surface area contributed by atoms with E-state index in [4.69, 9.17) is 4.98 Å². The Morgan fingerprint density at radius 1 is 0.788 bits per heavy atom. The first-order valence-electron chi connectivity index (χ1n) is 10.5. The summed E-state index contributed by atoms with van der Waals surface area (Å²) in [4.78, 5) is 29.2. The molecule has 0 atom stereocenters. The minimum Gasteiger partial charge on any atom is -0.321 e. The number of carbonyl (C=O) groups is 2. The molecule has 5 aromatic rings. The summed E-state index contributed by atoms with van der Waals surface area (Å²) in [7, 11) is 0. The van der Waals surface area contributed by atoms with Gasteiger partial charge in [0.05, 0.1) is 11.4 Å². The molecule has 0 aliphatic carbocycles. The zero-order valence-electron chi connectivity index (χ0n) is 17.9. The van der Waals surface area contributed by atoms with Crippen molar-refractivity contribution in [3.8, 4) is 22.5 Å².